The van der Waals surface area contributed by atoms with Crippen LogP contribution >= 0.6 is 0 Å². The number of H-pyrrole nitrogens is 1. The number of aliphatic hydroxyl groups is 1. The van der Waals surface area contributed by atoms with E-state index < -0.39 is 0 Å². The van der Waals surface area contributed by atoms with Crippen LogP contribution in [-0.4, -0.2) is 57.3 Å². The molecule has 2 N–H and O–H groups in total. The van der Waals surface area contributed by atoms with Crippen molar-refractivity contribution in [3.8, 4) is 0 Å². The summed E-state index contributed by atoms with van der Waals surface area (Å²) >= 11 is 0. The standard InChI is InChI=1S/C17H21N3O3/c1-23-17-7-6-11(21)10-14(17)20(9-8-17)16(22)15-18-12-4-2-3-5-13(12)19-15/h2-5,11,14,21H,6-10H2,1H3,(H,18,19)/t11-,14-,17+/m0/s1. The summed E-state index contributed by atoms with van der Waals surface area (Å²) in [7, 11) is 1.71. The molecule has 1 aliphatic carbocycles. The van der Waals surface area contributed by atoms with Gasteiger partial charge in [0.25, 0.3) is 5.91 Å². The predicted molar refractivity (Wildman–Crippen MR) is 85.1 cm³/mol. The fraction of sp³-hybridized carbons (Fsp3) is 0.529. The van der Waals surface area contributed by atoms with E-state index in [1.807, 2.05) is 29.2 Å². The number of aromatic amines is 1. The minimum Gasteiger partial charge on any atom is -0.393 e. The summed E-state index contributed by atoms with van der Waals surface area (Å²) < 4.78 is 5.79. The van der Waals surface area contributed by atoms with Gasteiger partial charge in [0.05, 0.1) is 28.8 Å². The second-order valence-corrected chi connectivity index (χ2v) is 6.56. The number of benzene rings is 1. The number of hydrogen-bond acceptors (Lipinski definition) is 4. The van der Waals surface area contributed by atoms with Gasteiger partial charge in [0.15, 0.2) is 5.82 Å². The summed E-state index contributed by atoms with van der Waals surface area (Å²) in [6.07, 6.45) is 2.54. The SMILES string of the molecule is CO[C@@]12CC[C@H](O)C[C@@H]1N(C(=O)c1nc3ccccc3[nH]1)CC2. The number of imidazole rings is 1. The van der Waals surface area contributed by atoms with Gasteiger partial charge in [0.2, 0.25) is 0 Å². The Morgan fingerprint density at radius 1 is 1.43 bits per heavy atom. The van der Waals surface area contributed by atoms with Gasteiger partial charge in [-0.15, -0.1) is 0 Å². The van der Waals surface area contributed by atoms with Crippen molar-refractivity contribution in [3.05, 3.63) is 30.1 Å². The Hall–Kier alpha value is -1.92. The first kappa shape index (κ1) is 14.7. The van der Waals surface area contributed by atoms with E-state index in [0.29, 0.717) is 18.8 Å². The van der Waals surface area contributed by atoms with Crippen LogP contribution in [0.1, 0.15) is 36.3 Å². The van der Waals surface area contributed by atoms with Crippen molar-refractivity contribution in [2.24, 2.45) is 0 Å². The molecule has 2 heterocycles. The van der Waals surface area contributed by atoms with Crippen molar-refractivity contribution in [3.63, 3.8) is 0 Å². The molecule has 0 spiro atoms. The van der Waals surface area contributed by atoms with Gasteiger partial charge in [-0.1, -0.05) is 12.1 Å². The molecule has 0 bridgehead atoms. The lowest BCUT2D eigenvalue weighted by molar-refractivity contribution is -0.0825. The second kappa shape index (κ2) is 5.32. The van der Waals surface area contributed by atoms with Crippen LogP contribution in [0, 0.1) is 0 Å². The highest BCUT2D eigenvalue weighted by molar-refractivity contribution is 5.94. The number of nitrogens with one attached hydrogen (secondary N) is 1. The maximum absolute atomic E-state index is 12.9. The molecular formula is C17H21N3O3. The molecule has 122 valence electrons. The molecule has 1 aliphatic heterocycles. The minimum atomic E-state index is -0.368. The lowest BCUT2D eigenvalue weighted by Gasteiger charge is -2.42. The second-order valence-electron chi connectivity index (χ2n) is 6.56. The molecule has 3 atom stereocenters. The normalized spacial score (nSPS) is 30.6. The van der Waals surface area contributed by atoms with Gasteiger partial charge in [-0.05, 0) is 37.8 Å². The monoisotopic (exact) mass is 315 g/mol. The summed E-state index contributed by atoms with van der Waals surface area (Å²) in [5, 5.41) is 10.0. The lowest BCUT2D eigenvalue weighted by Crippen LogP contribution is -2.52. The number of aromatic nitrogens is 2. The first-order valence-electron chi connectivity index (χ1n) is 8.12. The Morgan fingerprint density at radius 3 is 3.04 bits per heavy atom. The fourth-order valence-electron chi connectivity index (χ4n) is 4.11. The van der Waals surface area contributed by atoms with Crippen LogP contribution in [0.25, 0.3) is 11.0 Å². The highest BCUT2D eigenvalue weighted by atomic mass is 16.5. The third-order valence-electron chi connectivity index (χ3n) is 5.41. The van der Waals surface area contributed by atoms with Crippen molar-refractivity contribution < 1.29 is 14.6 Å². The van der Waals surface area contributed by atoms with Crippen LogP contribution in [0.3, 0.4) is 0 Å². The van der Waals surface area contributed by atoms with Gasteiger partial charge in [-0.2, -0.15) is 0 Å². The molecule has 2 fully saturated rings. The Morgan fingerprint density at radius 2 is 2.26 bits per heavy atom. The Balaban J connectivity index is 1.65. The van der Waals surface area contributed by atoms with E-state index >= 15 is 0 Å². The molecular weight excluding hydrogens is 294 g/mol. The molecule has 6 nitrogen and oxygen atoms in total. The minimum absolute atomic E-state index is 0.0861. The summed E-state index contributed by atoms with van der Waals surface area (Å²) in [6, 6.07) is 7.53. The van der Waals surface area contributed by atoms with Gasteiger partial charge in [-0.3, -0.25) is 4.79 Å². The highest BCUT2D eigenvalue weighted by Crippen LogP contribution is 2.42. The number of likely N-dealkylation sites (tertiary alicyclic amines) is 1. The topological polar surface area (TPSA) is 78.5 Å². The van der Waals surface area contributed by atoms with Crippen LogP contribution in [0.4, 0.5) is 0 Å². The van der Waals surface area contributed by atoms with Gasteiger partial charge < -0.3 is 19.7 Å². The first-order valence-corrected chi connectivity index (χ1v) is 8.12. The van der Waals surface area contributed by atoms with Crippen LogP contribution < -0.4 is 0 Å². The molecule has 2 aromatic rings. The number of methoxy groups -OCH3 is 1. The first-order chi connectivity index (χ1) is 11.1. The van der Waals surface area contributed by atoms with Crippen LogP contribution in [0.15, 0.2) is 24.3 Å². The number of nitrogens with zero attached hydrogens (tertiary/aromatic N) is 2. The number of ether oxygens (including phenoxy) is 1. The molecule has 1 aromatic heterocycles. The summed E-state index contributed by atoms with van der Waals surface area (Å²) in [6.45, 7) is 0.640. The maximum Gasteiger partial charge on any atom is 0.290 e. The number of fused-ring (bicyclic) bond motifs is 2. The van der Waals surface area contributed by atoms with Gasteiger partial charge >= 0.3 is 0 Å². The van der Waals surface area contributed by atoms with Crippen LogP contribution in [-0.2, 0) is 4.74 Å². The summed E-state index contributed by atoms with van der Waals surface area (Å²) in [5.74, 6) is 0.248. The van der Waals surface area contributed by atoms with E-state index in [1.54, 1.807) is 7.11 Å². The number of hydrogen-bond donors (Lipinski definition) is 2. The Labute approximate surface area is 134 Å². The van der Waals surface area contributed by atoms with Crippen molar-refractivity contribution >= 4 is 16.9 Å². The molecule has 0 radical (unpaired) electrons. The van der Waals surface area contributed by atoms with Crippen LogP contribution in [0.2, 0.25) is 0 Å². The number of rotatable bonds is 2. The van der Waals surface area contributed by atoms with Crippen molar-refractivity contribution in [1.82, 2.24) is 14.9 Å². The maximum atomic E-state index is 12.9. The van der Waals surface area contributed by atoms with E-state index in [-0.39, 0.29) is 23.7 Å². The Bertz CT molecular complexity index is 711. The van der Waals surface area contributed by atoms with Crippen molar-refractivity contribution in [1.29, 1.82) is 0 Å². The van der Waals surface area contributed by atoms with Crippen molar-refractivity contribution in [2.75, 3.05) is 13.7 Å². The highest BCUT2D eigenvalue weighted by Gasteiger charge is 2.52. The van der Waals surface area contributed by atoms with E-state index in [4.69, 9.17) is 4.74 Å². The average Bonchev–Trinajstić information content (AvgIpc) is 3.16. The molecule has 4 rings (SSSR count). The third-order valence-corrected chi connectivity index (χ3v) is 5.41. The summed E-state index contributed by atoms with van der Waals surface area (Å²) in [4.78, 5) is 22.3. The molecule has 1 amide bonds. The fourth-order valence-corrected chi connectivity index (χ4v) is 4.11. The van der Waals surface area contributed by atoms with Crippen molar-refractivity contribution in [2.45, 2.75) is 43.4 Å². The van der Waals surface area contributed by atoms with Gasteiger partial charge in [0.1, 0.15) is 0 Å². The molecule has 6 heteroatoms. The van der Waals surface area contributed by atoms with Gasteiger partial charge in [0, 0.05) is 13.7 Å². The number of amides is 1. The quantitative estimate of drug-likeness (QED) is 0.884. The number of aliphatic hydroxyl groups excluding tert-OH is 1. The van der Waals surface area contributed by atoms with E-state index in [0.717, 1.165) is 30.3 Å². The summed E-state index contributed by atoms with van der Waals surface area (Å²) in [5.41, 5.74) is 1.33. The predicted octanol–water partition coefficient (Wildman–Crippen LogP) is 1.71. The molecule has 0 unspecified atom stereocenters. The molecule has 1 aromatic carbocycles. The number of carbonyl (C=O) groups excluding carboxylic acids is 1. The zero-order valence-electron chi connectivity index (χ0n) is 13.2. The average molecular weight is 315 g/mol. The van der Waals surface area contributed by atoms with Gasteiger partial charge in [-0.25, -0.2) is 4.98 Å². The Kier molecular flexibility index (Phi) is 3.39. The molecule has 1 saturated heterocycles. The third kappa shape index (κ3) is 2.24. The smallest absolute Gasteiger partial charge is 0.290 e. The molecule has 23 heavy (non-hydrogen) atoms. The van der Waals surface area contributed by atoms with E-state index in [9.17, 15) is 9.90 Å². The zero-order valence-corrected chi connectivity index (χ0v) is 13.2. The lowest BCUT2D eigenvalue weighted by atomic mass is 9.79. The number of para-hydroxylation sites is 2. The molecule has 1 saturated carbocycles. The van der Waals surface area contributed by atoms with Crippen LogP contribution in [0.5, 0.6) is 0 Å². The van der Waals surface area contributed by atoms with E-state index in [1.165, 1.54) is 0 Å². The molecule has 2 aliphatic rings. The largest absolute Gasteiger partial charge is 0.393 e. The van der Waals surface area contributed by atoms with E-state index in [2.05, 4.69) is 9.97 Å². The number of carbonyl (C=O) groups is 1. The zero-order chi connectivity index (χ0) is 16.0.